The smallest absolute Gasteiger partial charge is 0.267 e. The van der Waals surface area contributed by atoms with E-state index in [2.05, 4.69) is 34.9 Å². The summed E-state index contributed by atoms with van der Waals surface area (Å²) in [4.78, 5) is 25.1. The summed E-state index contributed by atoms with van der Waals surface area (Å²) in [5, 5.41) is 8.30. The first kappa shape index (κ1) is 22.3. The van der Waals surface area contributed by atoms with E-state index in [0.717, 1.165) is 40.9 Å². The predicted molar refractivity (Wildman–Crippen MR) is 131 cm³/mol. The third-order valence-corrected chi connectivity index (χ3v) is 5.58. The number of aromatic nitrogens is 3. The van der Waals surface area contributed by atoms with Gasteiger partial charge in [-0.05, 0) is 60.9 Å². The molecule has 0 aliphatic rings. The zero-order chi connectivity index (χ0) is 23.4. The summed E-state index contributed by atoms with van der Waals surface area (Å²) in [5.41, 5.74) is 2.90. The Hall–Kier alpha value is -3.87. The number of hydrogen-bond donors (Lipinski definition) is 1. The molecule has 0 saturated heterocycles. The van der Waals surface area contributed by atoms with Crippen molar-refractivity contribution in [1.29, 1.82) is 0 Å². The van der Waals surface area contributed by atoms with E-state index in [1.807, 2.05) is 48.7 Å². The van der Waals surface area contributed by atoms with Gasteiger partial charge in [-0.15, -0.1) is 0 Å². The molecular formula is C26H28N4O3. The molecule has 33 heavy (non-hydrogen) atoms. The highest BCUT2D eigenvalue weighted by Crippen LogP contribution is 2.25. The minimum atomic E-state index is -0.333. The molecule has 2 aromatic carbocycles. The summed E-state index contributed by atoms with van der Waals surface area (Å²) in [6.45, 7) is 5.16. The van der Waals surface area contributed by atoms with Crippen LogP contribution in [0, 0.1) is 5.92 Å². The molecule has 0 unspecified atom stereocenters. The van der Waals surface area contributed by atoms with Crippen LogP contribution in [0.5, 0.6) is 5.75 Å². The van der Waals surface area contributed by atoms with Crippen LogP contribution in [0.2, 0.25) is 0 Å². The number of benzene rings is 2. The topological polar surface area (TPSA) is 78.1 Å². The fourth-order valence-corrected chi connectivity index (χ4v) is 3.73. The van der Waals surface area contributed by atoms with E-state index < -0.39 is 0 Å². The molecular weight excluding hydrogens is 416 g/mol. The number of fused-ring (bicyclic) bond motifs is 1. The highest BCUT2D eigenvalue weighted by molar-refractivity contribution is 6.01. The summed E-state index contributed by atoms with van der Waals surface area (Å²) < 4.78 is 8.57. The van der Waals surface area contributed by atoms with Gasteiger partial charge < -0.3 is 14.6 Å². The summed E-state index contributed by atoms with van der Waals surface area (Å²) in [7, 11) is 1.60. The fraction of sp³-hybridized carbons (Fsp3) is 0.269. The molecule has 2 heterocycles. The van der Waals surface area contributed by atoms with Crippen LogP contribution in [-0.4, -0.2) is 27.4 Å². The van der Waals surface area contributed by atoms with E-state index >= 15 is 0 Å². The number of nitrogens with one attached hydrogen (secondary N) is 1. The Kier molecular flexibility index (Phi) is 6.58. The maximum absolute atomic E-state index is 12.8. The van der Waals surface area contributed by atoms with Crippen molar-refractivity contribution in [3.05, 3.63) is 77.2 Å². The molecule has 7 heteroatoms. The average molecular weight is 445 g/mol. The third-order valence-electron chi connectivity index (χ3n) is 5.58. The van der Waals surface area contributed by atoms with Crippen LogP contribution in [-0.2, 0) is 17.9 Å². The highest BCUT2D eigenvalue weighted by Gasteiger charge is 2.12. The van der Waals surface area contributed by atoms with Crippen LogP contribution in [0.15, 0.2) is 71.7 Å². The molecule has 0 saturated carbocycles. The number of amides is 1. The molecule has 0 aliphatic heterocycles. The Balaban J connectivity index is 1.52. The van der Waals surface area contributed by atoms with E-state index in [1.54, 1.807) is 13.2 Å². The molecule has 170 valence electrons. The first-order chi connectivity index (χ1) is 15.9. The van der Waals surface area contributed by atoms with E-state index in [1.165, 1.54) is 10.7 Å². The molecule has 0 aliphatic carbocycles. The van der Waals surface area contributed by atoms with E-state index in [9.17, 15) is 9.59 Å². The Morgan fingerprint density at radius 1 is 1.06 bits per heavy atom. The first-order valence-electron chi connectivity index (χ1n) is 11.0. The van der Waals surface area contributed by atoms with Gasteiger partial charge in [0.1, 0.15) is 12.3 Å². The maximum Gasteiger partial charge on any atom is 0.267 e. The standard InChI is InChI=1S/C26H28N4O3/c1-18(2)13-15-29-16-14-21-23(5-4-6-24(21)29)27-25(31)17-30-26(32)12-11-22(28-30)19-7-9-20(33-3)10-8-19/h4-12,14,16,18H,13,15,17H2,1-3H3,(H,27,31). The lowest BCUT2D eigenvalue weighted by Gasteiger charge is -2.11. The monoisotopic (exact) mass is 444 g/mol. The van der Waals surface area contributed by atoms with Crippen molar-refractivity contribution in [3.8, 4) is 17.0 Å². The first-order valence-corrected chi connectivity index (χ1v) is 11.0. The number of methoxy groups -OCH3 is 1. The molecule has 2 aromatic heterocycles. The zero-order valence-electron chi connectivity index (χ0n) is 19.1. The van der Waals surface area contributed by atoms with E-state index in [0.29, 0.717) is 11.6 Å². The van der Waals surface area contributed by atoms with Crippen molar-refractivity contribution in [2.24, 2.45) is 5.92 Å². The molecule has 0 fully saturated rings. The molecule has 0 spiro atoms. The second-order valence-electron chi connectivity index (χ2n) is 8.42. The molecule has 0 atom stereocenters. The van der Waals surface area contributed by atoms with Gasteiger partial charge in [-0.3, -0.25) is 9.59 Å². The minimum absolute atomic E-state index is 0.173. The van der Waals surface area contributed by atoms with Crippen LogP contribution in [0.4, 0.5) is 5.69 Å². The van der Waals surface area contributed by atoms with Crippen LogP contribution in [0.1, 0.15) is 20.3 Å². The van der Waals surface area contributed by atoms with Crippen molar-refractivity contribution in [2.75, 3.05) is 12.4 Å². The van der Waals surface area contributed by atoms with Crippen molar-refractivity contribution >= 4 is 22.5 Å². The van der Waals surface area contributed by atoms with Crippen molar-refractivity contribution in [1.82, 2.24) is 14.3 Å². The van der Waals surface area contributed by atoms with Gasteiger partial charge in [0.2, 0.25) is 5.91 Å². The van der Waals surface area contributed by atoms with Crippen molar-refractivity contribution < 1.29 is 9.53 Å². The normalized spacial score (nSPS) is 11.2. The molecule has 0 bridgehead atoms. The number of aryl methyl sites for hydroxylation is 1. The second-order valence-corrected chi connectivity index (χ2v) is 8.42. The lowest BCUT2D eigenvalue weighted by molar-refractivity contribution is -0.117. The van der Waals surface area contributed by atoms with Gasteiger partial charge >= 0.3 is 0 Å². The molecule has 0 radical (unpaired) electrons. The number of hydrogen-bond acceptors (Lipinski definition) is 4. The summed E-state index contributed by atoms with van der Waals surface area (Å²) >= 11 is 0. The van der Waals surface area contributed by atoms with E-state index in [4.69, 9.17) is 4.74 Å². The van der Waals surface area contributed by atoms with Crippen molar-refractivity contribution in [2.45, 2.75) is 33.4 Å². The van der Waals surface area contributed by atoms with Crippen LogP contribution < -0.4 is 15.6 Å². The SMILES string of the molecule is COc1ccc(-c2ccc(=O)n(CC(=O)Nc3cccc4c3ccn4CCC(C)C)n2)cc1. The maximum atomic E-state index is 12.8. The van der Waals surface area contributed by atoms with Crippen LogP contribution >= 0.6 is 0 Å². The number of anilines is 1. The van der Waals surface area contributed by atoms with Gasteiger partial charge in [0.15, 0.2) is 0 Å². The number of ether oxygens (including phenoxy) is 1. The quantitative estimate of drug-likeness (QED) is 0.432. The van der Waals surface area contributed by atoms with Gasteiger partial charge in [-0.1, -0.05) is 19.9 Å². The van der Waals surface area contributed by atoms with Gasteiger partial charge in [0.25, 0.3) is 5.56 Å². The second kappa shape index (κ2) is 9.73. The lowest BCUT2D eigenvalue weighted by atomic mass is 10.1. The molecule has 4 aromatic rings. The largest absolute Gasteiger partial charge is 0.497 e. The third kappa shape index (κ3) is 5.14. The van der Waals surface area contributed by atoms with Crippen LogP contribution in [0.25, 0.3) is 22.2 Å². The summed E-state index contributed by atoms with van der Waals surface area (Å²) in [6.07, 6.45) is 3.13. The van der Waals surface area contributed by atoms with E-state index in [-0.39, 0.29) is 18.0 Å². The fourth-order valence-electron chi connectivity index (χ4n) is 3.73. The van der Waals surface area contributed by atoms with Crippen molar-refractivity contribution in [3.63, 3.8) is 0 Å². The minimum Gasteiger partial charge on any atom is -0.497 e. The number of nitrogens with zero attached hydrogens (tertiary/aromatic N) is 3. The Morgan fingerprint density at radius 3 is 2.58 bits per heavy atom. The van der Waals surface area contributed by atoms with Gasteiger partial charge in [0, 0.05) is 29.8 Å². The molecule has 1 N–H and O–H groups in total. The zero-order valence-corrected chi connectivity index (χ0v) is 19.1. The van der Waals surface area contributed by atoms with Gasteiger partial charge in [-0.2, -0.15) is 5.10 Å². The Bertz CT molecular complexity index is 1320. The molecule has 4 rings (SSSR count). The summed E-state index contributed by atoms with van der Waals surface area (Å²) in [5.74, 6) is 1.04. The van der Waals surface area contributed by atoms with Gasteiger partial charge in [-0.25, -0.2) is 4.68 Å². The number of rotatable bonds is 8. The van der Waals surface area contributed by atoms with Crippen LogP contribution in [0.3, 0.4) is 0 Å². The number of carbonyl (C=O) groups excluding carboxylic acids is 1. The average Bonchev–Trinajstić information content (AvgIpc) is 3.23. The predicted octanol–water partition coefficient (Wildman–Crippen LogP) is 4.56. The lowest BCUT2D eigenvalue weighted by Crippen LogP contribution is -2.29. The Labute approximate surface area is 192 Å². The number of carbonyl (C=O) groups is 1. The molecule has 7 nitrogen and oxygen atoms in total. The Morgan fingerprint density at radius 2 is 1.85 bits per heavy atom. The highest BCUT2D eigenvalue weighted by atomic mass is 16.5. The molecule has 1 amide bonds. The van der Waals surface area contributed by atoms with Gasteiger partial charge in [0.05, 0.1) is 24.0 Å². The summed E-state index contributed by atoms with van der Waals surface area (Å²) in [6, 6.07) is 18.3.